The summed E-state index contributed by atoms with van der Waals surface area (Å²) >= 11 is 0. The van der Waals surface area contributed by atoms with Crippen molar-refractivity contribution in [2.24, 2.45) is 5.41 Å². The molecular weight excluding hydrogens is 239 g/mol. The smallest absolute Gasteiger partial charge is 0.448 e. The number of carbonyl (C=O) groups excluding carboxylic acids is 1. The van der Waals surface area contributed by atoms with Gasteiger partial charge in [0.05, 0.1) is 0 Å². The second-order valence-corrected chi connectivity index (χ2v) is 4.55. The Hall–Kier alpha value is -0.885. The lowest BCUT2D eigenvalue weighted by Gasteiger charge is -2.63. The van der Waals surface area contributed by atoms with Gasteiger partial charge in [-0.3, -0.25) is 4.79 Å². The molecule has 16 heavy (non-hydrogen) atoms. The first kappa shape index (κ1) is 11.6. The second-order valence-electron chi connectivity index (χ2n) is 4.55. The van der Waals surface area contributed by atoms with Crippen molar-refractivity contribution in [1.82, 2.24) is 5.32 Å². The van der Waals surface area contributed by atoms with E-state index in [9.17, 15) is 30.9 Å². The van der Waals surface area contributed by atoms with Crippen molar-refractivity contribution in [1.29, 1.82) is 0 Å². The molecule has 1 aliphatic carbocycles. The van der Waals surface area contributed by atoms with E-state index in [1.165, 1.54) is 0 Å². The van der Waals surface area contributed by atoms with Crippen molar-refractivity contribution in [3.05, 3.63) is 0 Å². The number of amides is 1. The van der Waals surface area contributed by atoms with E-state index in [4.69, 9.17) is 0 Å². The number of hydrogen-bond donors (Lipinski definition) is 1. The maximum Gasteiger partial charge on any atom is 0.486 e. The highest BCUT2D eigenvalue weighted by molar-refractivity contribution is 6.63. The fourth-order valence-electron chi connectivity index (χ4n) is 2.54. The Labute approximate surface area is 86.4 Å². The summed E-state index contributed by atoms with van der Waals surface area (Å²) in [6, 6.07) is 0. The number of halogens is 6. The lowest BCUT2D eigenvalue weighted by atomic mass is 9.36. The quantitative estimate of drug-likeness (QED) is 0.556. The molecule has 2 heterocycles. The van der Waals surface area contributed by atoms with E-state index in [0.717, 1.165) is 0 Å². The summed E-state index contributed by atoms with van der Waals surface area (Å²) in [4.78, 5) is 11.1. The van der Waals surface area contributed by atoms with Crippen LogP contribution < -0.4 is 5.32 Å². The number of hydrogen-bond acceptors (Lipinski definition) is 1. The predicted molar refractivity (Wildman–Crippen MR) is 42.5 cm³/mol. The third kappa shape index (κ3) is 1.14. The first-order valence-electron chi connectivity index (χ1n) is 4.59. The van der Waals surface area contributed by atoms with E-state index in [2.05, 4.69) is 0 Å². The van der Waals surface area contributed by atoms with Gasteiger partial charge in [-0.25, -0.2) is 0 Å². The first-order valence-corrected chi connectivity index (χ1v) is 4.59. The van der Waals surface area contributed by atoms with Crippen molar-refractivity contribution in [2.75, 3.05) is 6.54 Å². The van der Waals surface area contributed by atoms with Crippen molar-refractivity contribution in [2.45, 2.75) is 24.3 Å². The molecular formula is C7H7BF6NO-. The van der Waals surface area contributed by atoms with Crippen LogP contribution >= 0.6 is 0 Å². The molecule has 0 atom stereocenters. The molecule has 92 valence electrons. The normalized spacial score (nSPS) is 39.0. The van der Waals surface area contributed by atoms with Gasteiger partial charge in [-0.1, -0.05) is 0 Å². The van der Waals surface area contributed by atoms with Gasteiger partial charge >= 0.3 is 13.2 Å². The van der Waals surface area contributed by atoms with Crippen LogP contribution in [0.2, 0.25) is 5.31 Å². The highest BCUT2D eigenvalue weighted by atomic mass is 19.4. The molecule has 2 bridgehead atoms. The van der Waals surface area contributed by atoms with E-state index in [1.54, 1.807) is 5.32 Å². The topological polar surface area (TPSA) is 29.1 Å². The molecule has 2 saturated heterocycles. The van der Waals surface area contributed by atoms with Gasteiger partial charge in [0.15, 0.2) is 0 Å². The van der Waals surface area contributed by atoms with Crippen LogP contribution in [0.3, 0.4) is 0 Å². The van der Waals surface area contributed by atoms with Crippen molar-refractivity contribution >= 4 is 12.9 Å². The maximum absolute atomic E-state index is 12.6. The van der Waals surface area contributed by atoms with Gasteiger partial charge in [0.25, 0.3) is 0 Å². The molecule has 3 rings (SSSR count). The zero-order valence-corrected chi connectivity index (χ0v) is 7.87. The van der Waals surface area contributed by atoms with Crippen LogP contribution in [0.5, 0.6) is 0 Å². The number of nitrogens with one attached hydrogen (secondary N) is 1. The third-order valence-corrected chi connectivity index (χ3v) is 3.58. The molecule has 1 N–H and O–H groups in total. The van der Waals surface area contributed by atoms with Crippen molar-refractivity contribution in [3.8, 4) is 0 Å². The highest BCUT2D eigenvalue weighted by Gasteiger charge is 2.77. The molecule has 1 saturated carbocycles. The minimum Gasteiger partial charge on any atom is -0.448 e. The second kappa shape index (κ2) is 2.68. The molecule has 3 fully saturated rings. The van der Waals surface area contributed by atoms with Crippen molar-refractivity contribution in [3.63, 3.8) is 0 Å². The Bertz CT molecular complexity index is 342. The predicted octanol–water partition coefficient (Wildman–Crippen LogP) is 2.05. The van der Waals surface area contributed by atoms with Crippen LogP contribution in [-0.4, -0.2) is 25.6 Å². The molecule has 0 spiro atoms. The summed E-state index contributed by atoms with van der Waals surface area (Å²) in [5.41, 5.74) is -2.82. The Morgan fingerprint density at radius 3 is 2.06 bits per heavy atom. The molecule has 0 unspecified atom stereocenters. The lowest BCUT2D eigenvalue weighted by Crippen LogP contribution is -2.71. The fourth-order valence-corrected chi connectivity index (χ4v) is 2.54. The third-order valence-electron chi connectivity index (χ3n) is 3.58. The lowest BCUT2D eigenvalue weighted by molar-refractivity contribution is -0.260. The average Bonchev–Trinajstić information content (AvgIpc) is 1.97. The number of carbonyl (C=O) groups is 1. The SMILES string of the molecule is O=C1NCC2([B-](F)(F)F)CC1(C(F)(F)F)C2. The summed E-state index contributed by atoms with van der Waals surface area (Å²) in [7, 11) is 0. The van der Waals surface area contributed by atoms with Gasteiger partial charge < -0.3 is 18.3 Å². The van der Waals surface area contributed by atoms with Gasteiger partial charge in [0.1, 0.15) is 5.41 Å². The minimum absolute atomic E-state index is 0.729. The first-order chi connectivity index (χ1) is 7.04. The van der Waals surface area contributed by atoms with E-state index in [-0.39, 0.29) is 0 Å². The van der Waals surface area contributed by atoms with Crippen LogP contribution in [0.25, 0.3) is 0 Å². The maximum atomic E-state index is 12.6. The van der Waals surface area contributed by atoms with Crippen LogP contribution in [0, 0.1) is 5.41 Å². The van der Waals surface area contributed by atoms with Gasteiger partial charge in [0.2, 0.25) is 5.91 Å². The average molecular weight is 246 g/mol. The van der Waals surface area contributed by atoms with E-state index >= 15 is 0 Å². The number of piperidine rings is 2. The zero-order chi connectivity index (χ0) is 12.4. The molecule has 1 amide bonds. The molecule has 0 aromatic carbocycles. The fraction of sp³-hybridized carbons (Fsp3) is 0.857. The van der Waals surface area contributed by atoms with Gasteiger partial charge in [-0.15, -0.1) is 0 Å². The van der Waals surface area contributed by atoms with E-state index < -0.39 is 49.2 Å². The monoisotopic (exact) mass is 246 g/mol. The minimum atomic E-state index is -5.38. The largest absolute Gasteiger partial charge is 0.486 e. The molecule has 9 heteroatoms. The Morgan fingerprint density at radius 2 is 1.69 bits per heavy atom. The summed E-state index contributed by atoms with van der Waals surface area (Å²) in [5.74, 6) is -1.33. The number of fused-ring (bicyclic) bond motifs is 2. The van der Waals surface area contributed by atoms with Crippen molar-refractivity contribution < 1.29 is 30.9 Å². The molecule has 2 nitrogen and oxygen atoms in total. The molecule has 0 aromatic heterocycles. The van der Waals surface area contributed by atoms with Gasteiger partial charge in [-0.2, -0.15) is 13.2 Å². The standard InChI is InChI=1S/C7H7BF6NO/c9-7(10,11)6-1-5(2-6,8(12,13)14)3-15-4(6)16/h1-3H2,(H,15,16)/q-1. The Kier molecular flexibility index (Phi) is 1.94. The van der Waals surface area contributed by atoms with Crippen LogP contribution in [-0.2, 0) is 4.79 Å². The Morgan fingerprint density at radius 1 is 1.19 bits per heavy atom. The van der Waals surface area contributed by atoms with Gasteiger partial charge in [0, 0.05) is 0 Å². The Balaban J connectivity index is 2.32. The summed E-state index contributed by atoms with van der Waals surface area (Å²) < 4.78 is 75.4. The zero-order valence-electron chi connectivity index (χ0n) is 7.87. The summed E-state index contributed by atoms with van der Waals surface area (Å²) in [6.45, 7) is -6.10. The highest BCUT2D eigenvalue weighted by Crippen LogP contribution is 2.71. The molecule has 0 radical (unpaired) electrons. The number of alkyl halides is 3. The van der Waals surface area contributed by atoms with E-state index in [1.807, 2.05) is 0 Å². The molecule has 2 aliphatic heterocycles. The summed E-state index contributed by atoms with van der Waals surface area (Å²) in [6.07, 6.45) is -7.22. The van der Waals surface area contributed by atoms with Gasteiger partial charge in [-0.05, 0) is 24.7 Å². The van der Waals surface area contributed by atoms with Crippen LogP contribution in [0.15, 0.2) is 0 Å². The van der Waals surface area contributed by atoms with Crippen LogP contribution in [0.4, 0.5) is 26.1 Å². The molecule has 3 aliphatic rings. The van der Waals surface area contributed by atoms with E-state index in [0.29, 0.717) is 0 Å². The number of rotatable bonds is 1. The summed E-state index contributed by atoms with van der Waals surface area (Å²) in [5, 5.41) is -0.617. The molecule has 0 aromatic rings. The van der Waals surface area contributed by atoms with Crippen LogP contribution in [0.1, 0.15) is 12.8 Å².